The summed E-state index contributed by atoms with van der Waals surface area (Å²) in [5, 5.41) is 24.5. The number of benzene rings is 3. The van der Waals surface area contributed by atoms with Gasteiger partial charge in [0.05, 0.1) is 36.2 Å². The quantitative estimate of drug-likeness (QED) is 0.219. The van der Waals surface area contributed by atoms with Crippen molar-refractivity contribution in [2.75, 3.05) is 11.9 Å². The normalized spacial score (nSPS) is 11.0. The van der Waals surface area contributed by atoms with E-state index in [1.165, 1.54) is 18.2 Å². The Balaban J connectivity index is 1.31. The molecule has 204 valence electrons. The summed E-state index contributed by atoms with van der Waals surface area (Å²) in [6.45, 7) is 8.18. The molecule has 0 aliphatic heterocycles. The average molecular weight is 541 g/mol. The lowest BCUT2D eigenvalue weighted by Crippen LogP contribution is -2.29. The van der Waals surface area contributed by atoms with Gasteiger partial charge in [-0.05, 0) is 68.0 Å². The number of aromatic nitrogens is 4. The van der Waals surface area contributed by atoms with E-state index < -0.39 is 11.8 Å². The molecule has 0 saturated carbocycles. The van der Waals surface area contributed by atoms with Crippen LogP contribution >= 0.6 is 0 Å². The first-order valence-electron chi connectivity index (χ1n) is 12.7. The lowest BCUT2D eigenvalue weighted by molar-refractivity contribution is 0.251. The topological polar surface area (TPSA) is 106 Å². The van der Waals surface area contributed by atoms with Gasteiger partial charge in [0, 0.05) is 23.6 Å². The van der Waals surface area contributed by atoms with Crippen LogP contribution in [0.1, 0.15) is 23.7 Å². The molecule has 0 saturated heterocycles. The minimum absolute atomic E-state index is 0.0155. The van der Waals surface area contributed by atoms with E-state index in [0.29, 0.717) is 35.1 Å². The molecule has 5 rings (SSSR count). The highest BCUT2D eigenvalue weighted by molar-refractivity contribution is 5.89. The van der Waals surface area contributed by atoms with E-state index in [4.69, 9.17) is 4.74 Å². The zero-order chi connectivity index (χ0) is 28.2. The number of urea groups is 1. The molecule has 9 nitrogen and oxygen atoms in total. The van der Waals surface area contributed by atoms with Crippen LogP contribution in [0.25, 0.3) is 22.2 Å². The van der Waals surface area contributed by atoms with Crippen molar-refractivity contribution in [1.29, 1.82) is 0 Å². The third kappa shape index (κ3) is 5.87. The van der Waals surface area contributed by atoms with Gasteiger partial charge in [0.1, 0.15) is 23.1 Å². The molecule has 0 fully saturated rings. The number of hydrogen-bond acceptors (Lipinski definition) is 5. The summed E-state index contributed by atoms with van der Waals surface area (Å²) in [6, 6.07) is 18.6. The minimum atomic E-state index is -0.491. The number of nitrogens with one attached hydrogen (secondary N) is 2. The summed E-state index contributed by atoms with van der Waals surface area (Å²) >= 11 is 0. The number of hydrogen-bond donors (Lipinski definition) is 3. The van der Waals surface area contributed by atoms with Gasteiger partial charge in [0.2, 0.25) is 0 Å². The Morgan fingerprint density at radius 2 is 1.90 bits per heavy atom. The Kier molecular flexibility index (Phi) is 7.61. The summed E-state index contributed by atoms with van der Waals surface area (Å²) in [4.78, 5) is 12.9. The first kappa shape index (κ1) is 26.6. The van der Waals surface area contributed by atoms with Crippen LogP contribution in [0.15, 0.2) is 79.5 Å². The Labute approximate surface area is 230 Å². The van der Waals surface area contributed by atoms with E-state index in [2.05, 4.69) is 27.4 Å². The number of aliphatic hydroxyl groups excluding tert-OH is 1. The maximum absolute atomic E-state index is 14.2. The second-order valence-electron chi connectivity index (χ2n) is 9.42. The Morgan fingerprint density at radius 1 is 1.10 bits per heavy atom. The molecule has 0 unspecified atom stereocenters. The highest BCUT2D eigenvalue weighted by atomic mass is 19.1. The predicted molar refractivity (Wildman–Crippen MR) is 152 cm³/mol. The first-order valence-corrected chi connectivity index (χ1v) is 12.7. The number of carbonyl (C=O) groups excluding carboxylic acids is 1. The van der Waals surface area contributed by atoms with Gasteiger partial charge in [-0.3, -0.25) is 10.00 Å². The standard InChI is InChI=1S/C30H29FN6O3/c1-19(2)26-16-29(37(35-26)24-7-4-20(3)5-8-24)34-30(39)32-17-22-14-23(31)6-11-28(22)40-25-9-10-27-21(15-25)18-33-36(27)12-13-38/h4-11,14-16,18,38H,1,12-13,17H2,2-3H3,(H2,32,34,39). The Hall–Kier alpha value is -4.96. The fourth-order valence-corrected chi connectivity index (χ4v) is 4.21. The summed E-state index contributed by atoms with van der Waals surface area (Å²) in [6.07, 6.45) is 1.69. The van der Waals surface area contributed by atoms with E-state index in [9.17, 15) is 14.3 Å². The van der Waals surface area contributed by atoms with E-state index in [1.54, 1.807) is 27.7 Å². The van der Waals surface area contributed by atoms with Crippen LogP contribution in [0.5, 0.6) is 11.5 Å². The van der Waals surface area contributed by atoms with Crippen LogP contribution in [0.3, 0.4) is 0 Å². The predicted octanol–water partition coefficient (Wildman–Crippen LogP) is 5.81. The van der Waals surface area contributed by atoms with Crippen molar-refractivity contribution >= 4 is 28.3 Å². The number of anilines is 1. The molecule has 0 radical (unpaired) electrons. The van der Waals surface area contributed by atoms with Crippen LogP contribution < -0.4 is 15.4 Å². The highest BCUT2D eigenvalue weighted by Crippen LogP contribution is 2.29. The molecule has 0 aliphatic rings. The van der Waals surface area contributed by atoms with E-state index in [-0.39, 0.29) is 13.2 Å². The van der Waals surface area contributed by atoms with Gasteiger partial charge in [-0.2, -0.15) is 10.2 Å². The number of ether oxygens (including phenoxy) is 1. The maximum Gasteiger partial charge on any atom is 0.320 e. The summed E-state index contributed by atoms with van der Waals surface area (Å²) < 4.78 is 23.6. The van der Waals surface area contributed by atoms with E-state index in [0.717, 1.165) is 27.7 Å². The number of rotatable bonds is 9. The van der Waals surface area contributed by atoms with Crippen molar-refractivity contribution in [2.24, 2.45) is 0 Å². The zero-order valence-electron chi connectivity index (χ0n) is 22.2. The second kappa shape index (κ2) is 11.4. The van der Waals surface area contributed by atoms with Crippen LogP contribution in [0.4, 0.5) is 15.0 Å². The smallest absolute Gasteiger partial charge is 0.320 e. The summed E-state index contributed by atoms with van der Waals surface area (Å²) in [5.74, 6) is 0.944. The van der Waals surface area contributed by atoms with Gasteiger partial charge in [-0.25, -0.2) is 13.9 Å². The maximum atomic E-state index is 14.2. The number of nitrogens with zero attached hydrogens (tertiary/aromatic N) is 4. The third-order valence-corrected chi connectivity index (χ3v) is 6.28. The number of allylic oxidation sites excluding steroid dienone is 1. The Morgan fingerprint density at radius 3 is 2.65 bits per heavy atom. The van der Waals surface area contributed by atoms with E-state index >= 15 is 0 Å². The van der Waals surface area contributed by atoms with Crippen molar-refractivity contribution in [3.05, 3.63) is 102 Å². The number of halogens is 1. The molecule has 0 spiro atoms. The molecule has 2 heterocycles. The lowest BCUT2D eigenvalue weighted by atomic mass is 10.2. The Bertz CT molecular complexity index is 1690. The number of carbonyl (C=O) groups is 1. The van der Waals surface area contributed by atoms with Gasteiger partial charge >= 0.3 is 6.03 Å². The summed E-state index contributed by atoms with van der Waals surface area (Å²) in [7, 11) is 0. The molecule has 0 atom stereocenters. The van der Waals surface area contributed by atoms with Crippen LogP contribution in [0.2, 0.25) is 0 Å². The van der Waals surface area contributed by atoms with Crippen molar-refractivity contribution in [1.82, 2.24) is 24.9 Å². The van der Waals surface area contributed by atoms with Crippen LogP contribution in [0, 0.1) is 12.7 Å². The average Bonchev–Trinajstić information content (AvgIpc) is 3.54. The van der Waals surface area contributed by atoms with Crippen molar-refractivity contribution in [3.63, 3.8) is 0 Å². The van der Waals surface area contributed by atoms with Crippen molar-refractivity contribution in [2.45, 2.75) is 26.9 Å². The number of amides is 2. The molecular weight excluding hydrogens is 511 g/mol. The van der Waals surface area contributed by atoms with Crippen molar-refractivity contribution < 1.29 is 19.0 Å². The lowest BCUT2D eigenvalue weighted by Gasteiger charge is -2.14. The molecular formula is C30H29FN6O3. The monoisotopic (exact) mass is 540 g/mol. The molecule has 40 heavy (non-hydrogen) atoms. The van der Waals surface area contributed by atoms with Crippen LogP contribution in [-0.4, -0.2) is 37.3 Å². The van der Waals surface area contributed by atoms with Gasteiger partial charge in [-0.1, -0.05) is 24.3 Å². The van der Waals surface area contributed by atoms with Crippen LogP contribution in [-0.2, 0) is 13.1 Å². The second-order valence-corrected chi connectivity index (χ2v) is 9.42. The molecule has 2 aromatic heterocycles. The number of aliphatic hydroxyl groups is 1. The molecule has 3 N–H and O–H groups in total. The largest absolute Gasteiger partial charge is 0.457 e. The highest BCUT2D eigenvalue weighted by Gasteiger charge is 2.15. The molecule has 5 aromatic rings. The van der Waals surface area contributed by atoms with Gasteiger partial charge < -0.3 is 15.2 Å². The van der Waals surface area contributed by atoms with Gasteiger partial charge in [0.25, 0.3) is 0 Å². The molecule has 0 aliphatic carbocycles. The van der Waals surface area contributed by atoms with Crippen molar-refractivity contribution in [3.8, 4) is 17.2 Å². The van der Waals surface area contributed by atoms with E-state index in [1.807, 2.05) is 50.2 Å². The molecule has 0 bridgehead atoms. The number of aryl methyl sites for hydroxylation is 1. The fourth-order valence-electron chi connectivity index (χ4n) is 4.21. The first-order chi connectivity index (χ1) is 19.3. The minimum Gasteiger partial charge on any atom is -0.457 e. The SMILES string of the molecule is C=C(C)c1cc(NC(=O)NCc2cc(F)ccc2Oc2ccc3c(cnn3CCO)c2)n(-c2ccc(C)cc2)n1. The zero-order valence-corrected chi connectivity index (χ0v) is 22.2. The fraction of sp³-hybridized carbons (Fsp3) is 0.167. The third-order valence-electron chi connectivity index (χ3n) is 6.28. The number of fused-ring (bicyclic) bond motifs is 1. The van der Waals surface area contributed by atoms with Gasteiger partial charge in [0.15, 0.2) is 0 Å². The molecule has 2 amide bonds. The van der Waals surface area contributed by atoms with Gasteiger partial charge in [-0.15, -0.1) is 0 Å². The summed E-state index contributed by atoms with van der Waals surface area (Å²) in [5.41, 5.74) is 4.62. The molecule has 3 aromatic carbocycles. The molecule has 10 heteroatoms.